The number of cyclic esters (lactones) is 2. The molecule has 6 aliphatic heterocycles. The van der Waals surface area contributed by atoms with Gasteiger partial charge in [0.2, 0.25) is 0 Å². The zero-order chi connectivity index (χ0) is 95.1. The van der Waals surface area contributed by atoms with E-state index in [0.29, 0.717) is 67.5 Å². The zero-order valence-electron chi connectivity index (χ0n) is 81.5. The number of hydrogen-bond acceptors (Lipinski definition) is 25. The molecular formula is C99H152F5N5O21S. The normalized spacial score (nSPS) is 39.4. The van der Waals surface area contributed by atoms with Gasteiger partial charge in [-0.15, -0.1) is 5.10 Å². The van der Waals surface area contributed by atoms with Crippen LogP contribution in [0, 0.1) is 84.9 Å². The molecule has 26 nitrogen and oxygen atoms in total. The number of methoxy groups -OCH3 is 4. The van der Waals surface area contributed by atoms with E-state index in [1.807, 2.05) is 41.5 Å². The maximum atomic E-state index is 14.8. The minimum absolute atomic E-state index is 0.00218. The summed E-state index contributed by atoms with van der Waals surface area (Å²) < 4.78 is 178. The fourth-order valence-electron chi connectivity index (χ4n) is 24.1. The van der Waals surface area contributed by atoms with Crippen LogP contribution in [0.1, 0.15) is 228 Å². The molecule has 14 rings (SSSR count). The number of halogens is 5. The Kier molecular flexibility index (Phi) is 37.0. The zero-order valence-corrected chi connectivity index (χ0v) is 82.3. The molecule has 35 atom stereocenters. The molecule has 32 heteroatoms. The summed E-state index contributed by atoms with van der Waals surface area (Å²) in [5.74, 6) is -4.57. The van der Waals surface area contributed by atoms with Crippen LogP contribution in [-0.2, 0) is 112 Å². The lowest BCUT2D eigenvalue weighted by atomic mass is 9.66. The summed E-state index contributed by atoms with van der Waals surface area (Å²) in [4.78, 5) is 64.4. The number of ketones is 2. The maximum absolute atomic E-state index is 14.8. The van der Waals surface area contributed by atoms with Crippen LogP contribution in [0.2, 0.25) is 0 Å². The Morgan fingerprint density at radius 3 is 1.47 bits per heavy atom. The molecule has 12 aliphatic rings. The highest BCUT2D eigenvalue weighted by atomic mass is 32.2. The van der Waals surface area contributed by atoms with Gasteiger partial charge in [0.25, 0.3) is 11.7 Å². The number of benzene rings is 1. The van der Waals surface area contributed by atoms with E-state index in [-0.39, 0.29) is 198 Å². The summed E-state index contributed by atoms with van der Waals surface area (Å²) in [6, 6.07) is 3.55. The van der Waals surface area contributed by atoms with Gasteiger partial charge in [-0.05, 0) is 282 Å². The van der Waals surface area contributed by atoms with E-state index in [0.717, 1.165) is 131 Å². The van der Waals surface area contributed by atoms with E-state index < -0.39 is 59.3 Å². The van der Waals surface area contributed by atoms with Gasteiger partial charge in [0, 0.05) is 89.2 Å². The molecule has 740 valence electrons. The van der Waals surface area contributed by atoms with Crippen LogP contribution in [0.5, 0.6) is 0 Å². The molecule has 0 radical (unpaired) electrons. The van der Waals surface area contributed by atoms with Crippen LogP contribution in [0.15, 0.2) is 58.3 Å². The van der Waals surface area contributed by atoms with Crippen molar-refractivity contribution in [2.45, 2.75) is 377 Å². The SMILES string of the molecule is CCO[C@@H]1[C@@H](OC)[C@H](C)O[C@@H](O[C@@H]2C[C@H]3CC[C@@H]4[C@@H](C=C5C(=O)[C@H](C)[C@@H](O[C@H]6CC[C@H](N(C)C)[C@@H](C)O6)CCC[C@H](CC)OC(=O)C[C@H]54)[C@@H]3C2)[C@@H]1OC.CCO[C@@H]1[C@@H](OC)[C@H](C)O[C@@H](O[C@H]2C[C@H]3[C@@H]4C=C5C(=O)[C@H](C)[C@@H](O[C@H]6CC[C@H](N(C)C)[C@@H](C)O6)CCC[C@H](CC)OC(=O)C[C@H]5[C@@H]4C=C(C)[C@@H]3C2)[C@@H]1OC.Cc1cc(C)c(S(=O)CC(C)(F)F)cc1-n1cnc(C(F)(F)F)n1. The molecule has 0 amide bonds. The maximum Gasteiger partial charge on any atom is 0.453 e. The minimum atomic E-state index is -4.69. The van der Waals surface area contributed by atoms with E-state index in [9.17, 15) is 45.3 Å². The van der Waals surface area contributed by atoms with E-state index >= 15 is 0 Å². The lowest BCUT2D eigenvalue weighted by Gasteiger charge is -2.44. The van der Waals surface area contributed by atoms with Crippen molar-refractivity contribution in [2.24, 2.45) is 71.0 Å². The lowest BCUT2D eigenvalue weighted by molar-refractivity contribution is -0.317. The lowest BCUT2D eigenvalue weighted by Crippen LogP contribution is -2.60. The second kappa shape index (κ2) is 46.2. The van der Waals surface area contributed by atoms with Crippen molar-refractivity contribution >= 4 is 34.3 Å². The van der Waals surface area contributed by atoms with Crippen molar-refractivity contribution < 1.29 is 121 Å². The molecule has 1 aromatic carbocycles. The number of carbonyl (C=O) groups excluding carboxylic acids is 4. The predicted octanol–water partition coefficient (Wildman–Crippen LogP) is 16.0. The number of esters is 2. The van der Waals surface area contributed by atoms with Gasteiger partial charge in [0.05, 0.1) is 83.9 Å². The highest BCUT2D eigenvalue weighted by Crippen LogP contribution is 2.59. The molecule has 9 fully saturated rings. The van der Waals surface area contributed by atoms with Crippen molar-refractivity contribution in [1.82, 2.24) is 24.6 Å². The topological polar surface area (TPSA) is 270 Å². The molecule has 0 bridgehead atoms. The third-order valence-corrected chi connectivity index (χ3v) is 32.4. The molecular weight excluding hydrogens is 1720 g/mol. The van der Waals surface area contributed by atoms with Crippen molar-refractivity contribution in [3.8, 4) is 5.69 Å². The van der Waals surface area contributed by atoms with E-state index in [4.69, 9.17) is 75.8 Å². The highest BCUT2D eigenvalue weighted by Gasteiger charge is 2.58. The largest absolute Gasteiger partial charge is 0.462 e. The van der Waals surface area contributed by atoms with Gasteiger partial charge in [-0.3, -0.25) is 23.4 Å². The van der Waals surface area contributed by atoms with Gasteiger partial charge in [-0.25, -0.2) is 18.4 Å². The average molecular weight is 1880 g/mol. The van der Waals surface area contributed by atoms with Crippen LogP contribution in [0.25, 0.3) is 5.69 Å². The van der Waals surface area contributed by atoms with Crippen LogP contribution >= 0.6 is 0 Å². The third kappa shape index (κ3) is 24.8. The quantitative estimate of drug-likeness (QED) is 0.0536. The number of alkyl halides is 5. The number of rotatable bonds is 24. The Labute approximate surface area is 776 Å². The molecule has 6 aliphatic carbocycles. The van der Waals surface area contributed by atoms with Gasteiger partial charge in [-0.1, -0.05) is 57.6 Å². The third-order valence-electron chi connectivity index (χ3n) is 30.7. The van der Waals surface area contributed by atoms with Crippen molar-refractivity contribution in [3.05, 3.63) is 70.4 Å². The van der Waals surface area contributed by atoms with Crippen LogP contribution in [0.4, 0.5) is 22.0 Å². The van der Waals surface area contributed by atoms with Crippen LogP contribution in [0.3, 0.4) is 0 Å². The molecule has 3 saturated carbocycles. The number of nitrogens with zero attached hydrogens (tertiary/aromatic N) is 5. The standard InChI is InChI=1S/C43H69NO10.C42H69NO10.C14H14F5N3OS/c1-11-27-14-13-15-36(54-38-17-16-35(44(7)8)25(5)50-38)24(4)39(46)34-21-32-30(33(34)22-37(45)52-27)18-23(3)29-19-28(20-31(29)32)53-43-42(48-10)41(49-12-2)40(47-9)26(6)51-43;1-10-27-13-12-14-35(53-37-18-17-34(43(6)7)24(4)49-37)23(3)38(45)33-21-31-29(32(33)22-36(44)51-27)16-15-26-19-28(20-30(26)31)52-42-41(47-9)40(48-11-2)39(46-8)25(5)50-42;1-8-4-9(2)11(24(23)6-13(3,15)16)5-10(8)22-7-20-12(21-22)14(17,18)19/h18,21,24-33,35-36,38,40-43H,11-17,19-20,22H2,1-10H3;21,23-32,34-35,37,39-42H,10-20,22H2,1-9H3;4-5,7H,6H2,1-3H3/t24-,25-,26+,27+,28-,29+,30-,31-,32-,33+,35+,36+,38+,40+,41-,42-,43+;23-,24-,25+,26-,27+,28-,29-,30-,31-,32+,34+,35+,37+,39+,40-,41-,42+;/m11./s1. The Morgan fingerprint density at radius 2 is 1.00 bits per heavy atom. The van der Waals surface area contributed by atoms with Gasteiger partial charge in [0.1, 0.15) is 55.2 Å². The van der Waals surface area contributed by atoms with E-state index in [2.05, 4.69) is 101 Å². The van der Waals surface area contributed by atoms with Crippen molar-refractivity contribution in [1.29, 1.82) is 0 Å². The molecule has 131 heavy (non-hydrogen) atoms. The summed E-state index contributed by atoms with van der Waals surface area (Å²) in [5, 5.41) is 3.35. The number of aromatic nitrogens is 3. The number of hydrogen-bond donors (Lipinski definition) is 0. The number of carbonyl (C=O) groups is 4. The van der Waals surface area contributed by atoms with Crippen LogP contribution < -0.4 is 0 Å². The molecule has 1 unspecified atom stereocenters. The average Bonchev–Trinajstić information content (AvgIpc) is 1.58. The first-order chi connectivity index (χ1) is 62.2. The van der Waals surface area contributed by atoms with Gasteiger partial charge >= 0.3 is 18.1 Å². The van der Waals surface area contributed by atoms with Crippen molar-refractivity contribution in [3.63, 3.8) is 0 Å². The summed E-state index contributed by atoms with van der Waals surface area (Å²) in [5.41, 5.74) is 4.15. The number of aryl methyl sites for hydroxylation is 2. The summed E-state index contributed by atoms with van der Waals surface area (Å²) >= 11 is 0. The Morgan fingerprint density at radius 1 is 0.511 bits per heavy atom. The number of likely N-dealkylation sites (N-methyl/N-ethyl adjacent to an activating group) is 2. The smallest absolute Gasteiger partial charge is 0.453 e. The predicted molar refractivity (Wildman–Crippen MR) is 480 cm³/mol. The first kappa shape index (κ1) is 105. The van der Waals surface area contributed by atoms with Crippen LogP contribution in [-0.4, -0.2) is 269 Å². The Bertz CT molecular complexity index is 4220. The Balaban J connectivity index is 0.000000190. The fourth-order valence-corrected chi connectivity index (χ4v) is 25.4. The number of allylic oxidation sites excluding steroid dienone is 6. The summed E-state index contributed by atoms with van der Waals surface area (Å²) in [6.45, 7) is 27.5. The second-order valence-corrected chi connectivity index (χ2v) is 41.2. The molecule has 0 N–H and O–H groups in total. The summed E-state index contributed by atoms with van der Waals surface area (Å²) in [7, 11) is 13.1. The van der Waals surface area contributed by atoms with Crippen molar-refractivity contribution in [2.75, 3.05) is 75.6 Å². The van der Waals surface area contributed by atoms with Gasteiger partial charge < -0.3 is 85.6 Å². The van der Waals surface area contributed by atoms with E-state index in [1.54, 1.807) is 48.4 Å². The highest BCUT2D eigenvalue weighted by molar-refractivity contribution is 7.85. The number of Topliss-reactive ketones (excluding diaryl/α,β-unsaturated/α-hetero) is 2. The van der Waals surface area contributed by atoms with E-state index in [1.165, 1.54) is 11.6 Å². The summed E-state index contributed by atoms with van der Waals surface area (Å²) in [6.07, 6.45) is 13.6. The van der Waals surface area contributed by atoms with Gasteiger partial charge in [0.15, 0.2) is 36.7 Å². The number of fused-ring (bicyclic) bond motifs is 10. The van der Waals surface area contributed by atoms with Gasteiger partial charge in [-0.2, -0.15) is 13.2 Å². The molecule has 7 heterocycles. The first-order valence-electron chi connectivity index (χ1n) is 48.6. The molecule has 2 aromatic rings. The molecule has 6 saturated heterocycles. The minimum Gasteiger partial charge on any atom is -0.462 e. The fraction of sp³-hybridized carbons (Fsp3) is 0.818. The monoisotopic (exact) mass is 1870 g/mol. The Hall–Kier alpha value is -4.98. The second-order valence-electron chi connectivity index (χ2n) is 39.8. The molecule has 0 spiro atoms. The number of ether oxygens (including phenoxy) is 16. The first-order valence-corrected chi connectivity index (χ1v) is 49.9. The molecule has 1 aromatic heterocycles.